The third-order valence-corrected chi connectivity index (χ3v) is 4.48. The van der Waals surface area contributed by atoms with Crippen molar-refractivity contribution in [3.05, 3.63) is 59.7 Å². The number of carbonyl (C=O) groups is 3. The number of benzene rings is 2. The van der Waals surface area contributed by atoms with Crippen molar-refractivity contribution in [2.45, 2.75) is 39.2 Å². The first-order valence-corrected chi connectivity index (χ1v) is 10.2. The molecular weight excluding hydrogens is 412 g/mol. The maximum Gasteiger partial charge on any atom is 0.343 e. The fourth-order valence-corrected chi connectivity index (χ4v) is 2.93. The van der Waals surface area contributed by atoms with Gasteiger partial charge in [0.15, 0.2) is 5.96 Å². The van der Waals surface area contributed by atoms with Crippen molar-refractivity contribution in [2.24, 2.45) is 22.4 Å². The van der Waals surface area contributed by atoms with Crippen LogP contribution in [-0.2, 0) is 16.0 Å². The predicted octanol–water partition coefficient (Wildman–Crippen LogP) is 2.36. The van der Waals surface area contributed by atoms with E-state index >= 15 is 0 Å². The molecule has 0 fully saturated rings. The molecule has 9 nitrogen and oxygen atoms in total. The second-order valence-electron chi connectivity index (χ2n) is 7.70. The maximum atomic E-state index is 12.3. The van der Waals surface area contributed by atoms with E-state index in [-0.39, 0.29) is 24.2 Å². The zero-order valence-corrected chi connectivity index (χ0v) is 18.1. The minimum absolute atomic E-state index is 0.0739. The molecule has 0 heterocycles. The Morgan fingerprint density at radius 2 is 1.66 bits per heavy atom. The summed E-state index contributed by atoms with van der Waals surface area (Å²) in [5.74, 6) is -1.45. The Morgan fingerprint density at radius 1 is 1.03 bits per heavy atom. The molecule has 0 saturated heterocycles. The molecule has 2 aromatic rings. The van der Waals surface area contributed by atoms with Crippen LogP contribution in [0.5, 0.6) is 5.75 Å². The van der Waals surface area contributed by atoms with Crippen LogP contribution in [0, 0.1) is 5.92 Å². The Kier molecular flexibility index (Phi) is 8.76. The fraction of sp³-hybridized carbons (Fsp3) is 0.304. The summed E-state index contributed by atoms with van der Waals surface area (Å²) in [5, 5.41) is 11.8. The minimum Gasteiger partial charge on any atom is -0.480 e. The van der Waals surface area contributed by atoms with E-state index < -0.39 is 18.0 Å². The van der Waals surface area contributed by atoms with E-state index in [4.69, 9.17) is 16.2 Å². The number of hydrogen-bond acceptors (Lipinski definition) is 5. The lowest BCUT2D eigenvalue weighted by molar-refractivity contribution is -0.142. The van der Waals surface area contributed by atoms with E-state index in [2.05, 4.69) is 10.3 Å². The number of rotatable bonds is 10. The van der Waals surface area contributed by atoms with Gasteiger partial charge in [-0.15, -0.1) is 0 Å². The number of aryl methyl sites for hydroxylation is 1. The number of carbonyl (C=O) groups excluding carboxylic acids is 2. The number of ether oxygens (including phenoxy) is 1. The number of carboxylic acids is 1. The summed E-state index contributed by atoms with van der Waals surface area (Å²) < 4.78 is 5.35. The van der Waals surface area contributed by atoms with Gasteiger partial charge in [0.2, 0.25) is 5.91 Å². The Labute approximate surface area is 186 Å². The van der Waals surface area contributed by atoms with Gasteiger partial charge in [0.05, 0.1) is 11.3 Å². The molecule has 0 saturated carbocycles. The number of hydrogen-bond donors (Lipinski definition) is 4. The number of nitrogens with zero attached hydrogens (tertiary/aromatic N) is 1. The van der Waals surface area contributed by atoms with Crippen molar-refractivity contribution in [1.82, 2.24) is 5.32 Å². The first-order valence-electron chi connectivity index (χ1n) is 10.2. The number of aliphatic imine (C=N–C) groups is 1. The van der Waals surface area contributed by atoms with Gasteiger partial charge >= 0.3 is 11.9 Å². The highest BCUT2D eigenvalue weighted by molar-refractivity contribution is 5.91. The SMILES string of the molecule is CC(C)C[C@H](NC(=O)CCc1ccc(OC(=O)c2ccc(N=C(N)N)cc2)cc1)C(=O)O. The highest BCUT2D eigenvalue weighted by atomic mass is 16.5. The lowest BCUT2D eigenvalue weighted by Crippen LogP contribution is -2.41. The van der Waals surface area contributed by atoms with E-state index in [9.17, 15) is 19.5 Å². The van der Waals surface area contributed by atoms with E-state index in [1.165, 1.54) is 0 Å². The monoisotopic (exact) mass is 440 g/mol. The summed E-state index contributed by atoms with van der Waals surface area (Å²) in [6.07, 6.45) is 0.960. The Bertz CT molecular complexity index is 965. The summed E-state index contributed by atoms with van der Waals surface area (Å²) in [5.41, 5.74) is 12.4. The molecule has 0 aliphatic heterocycles. The smallest absolute Gasteiger partial charge is 0.343 e. The fourth-order valence-electron chi connectivity index (χ4n) is 2.93. The zero-order valence-electron chi connectivity index (χ0n) is 18.1. The zero-order chi connectivity index (χ0) is 23.7. The van der Waals surface area contributed by atoms with E-state index in [1.54, 1.807) is 48.5 Å². The lowest BCUT2D eigenvalue weighted by atomic mass is 10.0. The lowest BCUT2D eigenvalue weighted by Gasteiger charge is -2.16. The van der Waals surface area contributed by atoms with Crippen LogP contribution in [0.15, 0.2) is 53.5 Å². The second kappa shape index (κ2) is 11.5. The van der Waals surface area contributed by atoms with Gasteiger partial charge in [-0.05, 0) is 60.7 Å². The summed E-state index contributed by atoms with van der Waals surface area (Å²) in [6.45, 7) is 3.80. The first-order chi connectivity index (χ1) is 15.1. The normalized spacial score (nSPS) is 11.5. The van der Waals surface area contributed by atoms with Crippen molar-refractivity contribution in [3.8, 4) is 5.75 Å². The number of guanidine groups is 1. The number of nitrogens with two attached hydrogens (primary N) is 2. The maximum absolute atomic E-state index is 12.3. The number of nitrogens with one attached hydrogen (secondary N) is 1. The van der Waals surface area contributed by atoms with E-state index in [0.29, 0.717) is 29.8 Å². The van der Waals surface area contributed by atoms with Gasteiger partial charge in [-0.25, -0.2) is 14.6 Å². The Morgan fingerprint density at radius 3 is 2.19 bits per heavy atom. The number of carboxylic acid groups (broad SMARTS) is 1. The molecule has 0 bridgehead atoms. The molecule has 9 heteroatoms. The van der Waals surface area contributed by atoms with Crippen molar-refractivity contribution in [3.63, 3.8) is 0 Å². The summed E-state index contributed by atoms with van der Waals surface area (Å²) >= 11 is 0. The molecule has 0 spiro atoms. The Balaban J connectivity index is 1.87. The average molecular weight is 441 g/mol. The van der Waals surface area contributed by atoms with Gasteiger partial charge in [-0.1, -0.05) is 26.0 Å². The van der Waals surface area contributed by atoms with Gasteiger partial charge in [0, 0.05) is 6.42 Å². The topological polar surface area (TPSA) is 157 Å². The van der Waals surface area contributed by atoms with Crippen LogP contribution >= 0.6 is 0 Å². The molecule has 1 atom stereocenters. The molecule has 0 aliphatic carbocycles. The van der Waals surface area contributed by atoms with Crippen molar-refractivity contribution in [2.75, 3.05) is 0 Å². The summed E-state index contributed by atoms with van der Waals surface area (Å²) in [6, 6.07) is 12.2. The van der Waals surface area contributed by atoms with E-state index in [0.717, 1.165) is 5.56 Å². The van der Waals surface area contributed by atoms with Crippen molar-refractivity contribution < 1.29 is 24.2 Å². The molecule has 1 amide bonds. The first kappa shape index (κ1) is 24.4. The highest BCUT2D eigenvalue weighted by Crippen LogP contribution is 2.17. The third-order valence-electron chi connectivity index (χ3n) is 4.48. The van der Waals surface area contributed by atoms with Gasteiger partial charge in [-0.3, -0.25) is 4.79 Å². The molecule has 170 valence electrons. The van der Waals surface area contributed by atoms with Crippen LogP contribution in [0.25, 0.3) is 0 Å². The van der Waals surface area contributed by atoms with Crippen LogP contribution in [0.1, 0.15) is 42.6 Å². The third kappa shape index (κ3) is 8.10. The largest absolute Gasteiger partial charge is 0.480 e. The van der Waals surface area contributed by atoms with Crippen LogP contribution in [-0.4, -0.2) is 35.0 Å². The minimum atomic E-state index is -1.04. The van der Waals surface area contributed by atoms with Gasteiger partial charge in [0.25, 0.3) is 0 Å². The molecular formula is C23H28N4O5. The van der Waals surface area contributed by atoms with Crippen molar-refractivity contribution in [1.29, 1.82) is 0 Å². The van der Waals surface area contributed by atoms with E-state index in [1.807, 2.05) is 13.8 Å². The van der Waals surface area contributed by atoms with Crippen LogP contribution in [0.4, 0.5) is 5.69 Å². The van der Waals surface area contributed by atoms with Gasteiger partial charge in [-0.2, -0.15) is 0 Å². The van der Waals surface area contributed by atoms with Gasteiger partial charge < -0.3 is 26.6 Å². The van der Waals surface area contributed by atoms with Crippen molar-refractivity contribution >= 4 is 29.5 Å². The number of amides is 1. The second-order valence-corrected chi connectivity index (χ2v) is 7.70. The van der Waals surface area contributed by atoms with Crippen LogP contribution < -0.4 is 21.5 Å². The molecule has 0 aliphatic rings. The summed E-state index contributed by atoms with van der Waals surface area (Å²) in [7, 11) is 0. The molecule has 2 rings (SSSR count). The molecule has 0 unspecified atom stereocenters. The molecule has 6 N–H and O–H groups in total. The molecule has 2 aromatic carbocycles. The van der Waals surface area contributed by atoms with Gasteiger partial charge in [0.1, 0.15) is 11.8 Å². The average Bonchev–Trinajstić information content (AvgIpc) is 2.72. The standard InChI is InChI=1S/C23H28N4O5/c1-14(2)13-19(21(29)30)27-20(28)12-5-15-3-10-18(11-4-15)32-22(31)16-6-8-17(9-7-16)26-23(24)25/h3-4,6-11,14,19H,5,12-13H2,1-2H3,(H,27,28)(H,29,30)(H4,24,25,26)/t19-/m0/s1. The number of esters is 1. The number of aliphatic carboxylic acids is 1. The highest BCUT2D eigenvalue weighted by Gasteiger charge is 2.20. The molecule has 0 aromatic heterocycles. The summed E-state index contributed by atoms with van der Waals surface area (Å²) in [4.78, 5) is 39.5. The predicted molar refractivity (Wildman–Crippen MR) is 121 cm³/mol. The molecule has 0 radical (unpaired) electrons. The van der Waals surface area contributed by atoms with Crippen LogP contribution in [0.2, 0.25) is 0 Å². The quantitative estimate of drug-likeness (QED) is 0.191. The molecule has 32 heavy (non-hydrogen) atoms. The van der Waals surface area contributed by atoms with Crippen LogP contribution in [0.3, 0.4) is 0 Å². The Hall–Kier alpha value is -3.88.